The fourth-order valence-corrected chi connectivity index (χ4v) is 5.73. The van der Waals surface area contributed by atoms with Gasteiger partial charge in [0.15, 0.2) is 5.58 Å². The van der Waals surface area contributed by atoms with Gasteiger partial charge < -0.3 is 9.73 Å². The first-order valence-corrected chi connectivity index (χ1v) is 12.7. The van der Waals surface area contributed by atoms with Gasteiger partial charge in [-0.2, -0.15) is 4.31 Å². The summed E-state index contributed by atoms with van der Waals surface area (Å²) in [7, 11) is -3.66. The maximum absolute atomic E-state index is 13.0. The van der Waals surface area contributed by atoms with E-state index in [0.29, 0.717) is 31.6 Å². The molecule has 0 saturated carbocycles. The van der Waals surface area contributed by atoms with E-state index in [0.717, 1.165) is 36.8 Å². The topological polar surface area (TPSA) is 102 Å². The Bertz CT molecular complexity index is 1300. The Morgan fingerprint density at radius 2 is 1.82 bits per heavy atom. The summed E-state index contributed by atoms with van der Waals surface area (Å²) in [5.74, 6) is -1.00. The van der Waals surface area contributed by atoms with Crippen LogP contribution in [0.2, 0.25) is 0 Å². The zero-order chi connectivity index (χ0) is 23.4. The number of aryl methyl sites for hydroxylation is 1. The number of aromatic nitrogens is 1. The van der Waals surface area contributed by atoms with Gasteiger partial charge in [-0.1, -0.05) is 42.7 Å². The number of carbonyl (C=O) groups is 1. The molecule has 9 heteroatoms. The number of nitrogens with one attached hydrogen (secondary N) is 1. The summed E-state index contributed by atoms with van der Waals surface area (Å²) in [5, 5.41) is 2.82. The molecule has 33 heavy (non-hydrogen) atoms. The summed E-state index contributed by atoms with van der Waals surface area (Å²) in [4.78, 5) is 24.9. The van der Waals surface area contributed by atoms with E-state index in [1.54, 1.807) is 0 Å². The molecular formula is C24H29N3O5S. The van der Waals surface area contributed by atoms with Crippen LogP contribution in [0.1, 0.15) is 36.8 Å². The molecule has 1 saturated heterocycles. The number of carbonyl (C=O) groups excluding carboxylic acids is 1. The third kappa shape index (κ3) is 5.36. The zero-order valence-corrected chi connectivity index (χ0v) is 19.6. The molecule has 0 aliphatic carbocycles. The molecule has 2 heterocycles. The number of fused-ring (bicyclic) bond motifs is 1. The van der Waals surface area contributed by atoms with E-state index in [1.807, 2.05) is 25.1 Å². The second kappa shape index (κ2) is 9.93. The van der Waals surface area contributed by atoms with Crippen molar-refractivity contribution in [1.82, 2.24) is 14.2 Å². The standard InChI is InChI=1S/C24H29N3O5S/c1-18-7-6-8-19(15-18)11-12-25-23(28)17-27-21-10-9-20(16-22(21)32-24(27)29)33(30,31)26-13-4-2-3-5-14-26/h6-10,15-16H,2-5,11-14,17H2,1H3,(H,25,28). The van der Waals surface area contributed by atoms with Crippen LogP contribution in [0, 0.1) is 6.92 Å². The van der Waals surface area contributed by atoms with Gasteiger partial charge in [0.25, 0.3) is 0 Å². The van der Waals surface area contributed by atoms with Gasteiger partial charge in [-0.15, -0.1) is 0 Å². The molecule has 0 spiro atoms. The van der Waals surface area contributed by atoms with Crippen LogP contribution in [-0.2, 0) is 27.8 Å². The van der Waals surface area contributed by atoms with Crippen molar-refractivity contribution < 1.29 is 17.6 Å². The van der Waals surface area contributed by atoms with Crippen LogP contribution in [0.25, 0.3) is 11.1 Å². The third-order valence-corrected chi connectivity index (χ3v) is 7.86. The molecule has 1 N–H and O–H groups in total. The highest BCUT2D eigenvalue weighted by Crippen LogP contribution is 2.24. The summed E-state index contributed by atoms with van der Waals surface area (Å²) in [6.07, 6.45) is 4.41. The Hall–Kier alpha value is -2.91. The molecule has 1 amide bonds. The molecule has 1 aromatic heterocycles. The Labute approximate surface area is 193 Å². The van der Waals surface area contributed by atoms with Gasteiger partial charge >= 0.3 is 5.76 Å². The summed E-state index contributed by atoms with van der Waals surface area (Å²) in [5.41, 5.74) is 2.83. The minimum atomic E-state index is -3.66. The lowest BCUT2D eigenvalue weighted by molar-refractivity contribution is -0.121. The van der Waals surface area contributed by atoms with Crippen molar-refractivity contribution in [3.05, 3.63) is 64.1 Å². The van der Waals surface area contributed by atoms with Crippen LogP contribution < -0.4 is 11.1 Å². The summed E-state index contributed by atoms with van der Waals surface area (Å²) in [6, 6.07) is 12.5. The molecule has 0 unspecified atom stereocenters. The van der Waals surface area contributed by atoms with Crippen LogP contribution in [0.5, 0.6) is 0 Å². The average Bonchev–Trinajstić information content (AvgIpc) is 2.95. The summed E-state index contributed by atoms with van der Waals surface area (Å²) < 4.78 is 34.1. The van der Waals surface area contributed by atoms with Crippen LogP contribution in [0.3, 0.4) is 0 Å². The quantitative estimate of drug-likeness (QED) is 0.571. The van der Waals surface area contributed by atoms with Crippen LogP contribution in [0.15, 0.2) is 56.6 Å². The molecule has 0 atom stereocenters. The molecule has 8 nitrogen and oxygen atoms in total. The highest BCUT2D eigenvalue weighted by Gasteiger charge is 2.26. The van der Waals surface area contributed by atoms with Gasteiger partial charge in [0, 0.05) is 25.7 Å². The number of nitrogens with zero attached hydrogens (tertiary/aromatic N) is 2. The van der Waals surface area contributed by atoms with Crippen LogP contribution in [0.4, 0.5) is 0 Å². The largest absolute Gasteiger partial charge is 0.420 e. The van der Waals surface area contributed by atoms with E-state index in [-0.39, 0.29) is 22.9 Å². The highest BCUT2D eigenvalue weighted by molar-refractivity contribution is 7.89. The normalized spacial score (nSPS) is 15.4. The average molecular weight is 472 g/mol. The Balaban J connectivity index is 1.46. The monoisotopic (exact) mass is 471 g/mol. The number of oxazole rings is 1. The first-order chi connectivity index (χ1) is 15.8. The number of hydrogen-bond acceptors (Lipinski definition) is 5. The van der Waals surface area contributed by atoms with E-state index in [2.05, 4.69) is 11.4 Å². The molecule has 0 bridgehead atoms. The fraction of sp³-hybridized carbons (Fsp3) is 0.417. The Morgan fingerprint density at radius 1 is 1.06 bits per heavy atom. The smallest absolute Gasteiger partial charge is 0.408 e. The van der Waals surface area contributed by atoms with Crippen molar-refractivity contribution in [3.63, 3.8) is 0 Å². The SMILES string of the molecule is Cc1cccc(CCNC(=O)Cn2c(=O)oc3cc(S(=O)(=O)N4CCCCCC4)ccc32)c1. The molecule has 4 rings (SSSR count). The highest BCUT2D eigenvalue weighted by atomic mass is 32.2. The van der Waals surface area contributed by atoms with E-state index in [9.17, 15) is 18.0 Å². The van der Waals surface area contributed by atoms with Gasteiger partial charge in [-0.05, 0) is 43.9 Å². The first-order valence-electron chi connectivity index (χ1n) is 11.3. The maximum atomic E-state index is 13.0. The maximum Gasteiger partial charge on any atom is 0.420 e. The van der Waals surface area contributed by atoms with E-state index in [4.69, 9.17) is 4.42 Å². The van der Waals surface area contributed by atoms with Crippen LogP contribution >= 0.6 is 0 Å². The van der Waals surface area contributed by atoms with Gasteiger partial charge in [-0.25, -0.2) is 13.2 Å². The van der Waals surface area contributed by atoms with Gasteiger partial charge in [0.1, 0.15) is 6.54 Å². The molecule has 2 aromatic carbocycles. The predicted octanol–water partition coefficient (Wildman–Crippen LogP) is 2.83. The van der Waals surface area contributed by atoms with Gasteiger partial charge in [-0.3, -0.25) is 9.36 Å². The molecule has 3 aromatic rings. The van der Waals surface area contributed by atoms with Gasteiger partial charge in [0.2, 0.25) is 15.9 Å². The van der Waals surface area contributed by atoms with Crippen molar-refractivity contribution in [2.24, 2.45) is 0 Å². The lowest BCUT2D eigenvalue weighted by atomic mass is 10.1. The minimum absolute atomic E-state index is 0.0976. The minimum Gasteiger partial charge on any atom is -0.408 e. The van der Waals surface area contributed by atoms with E-state index < -0.39 is 15.8 Å². The molecule has 1 aliphatic heterocycles. The van der Waals surface area contributed by atoms with Crippen molar-refractivity contribution in [3.8, 4) is 0 Å². The molecule has 1 fully saturated rings. The van der Waals surface area contributed by atoms with E-state index in [1.165, 1.54) is 27.1 Å². The van der Waals surface area contributed by atoms with Crippen molar-refractivity contribution in [1.29, 1.82) is 0 Å². The number of amides is 1. The number of sulfonamides is 1. The van der Waals surface area contributed by atoms with Crippen LogP contribution in [-0.4, -0.2) is 42.8 Å². The van der Waals surface area contributed by atoms with Crippen molar-refractivity contribution in [2.45, 2.75) is 50.5 Å². The van der Waals surface area contributed by atoms with Crippen molar-refractivity contribution >= 4 is 27.0 Å². The Morgan fingerprint density at radius 3 is 2.55 bits per heavy atom. The molecule has 0 radical (unpaired) electrons. The Kier molecular flexibility index (Phi) is 6.99. The predicted molar refractivity (Wildman–Crippen MR) is 126 cm³/mol. The summed E-state index contributed by atoms with van der Waals surface area (Å²) in [6.45, 7) is 3.26. The lowest BCUT2D eigenvalue weighted by Crippen LogP contribution is -2.32. The summed E-state index contributed by atoms with van der Waals surface area (Å²) >= 11 is 0. The lowest BCUT2D eigenvalue weighted by Gasteiger charge is -2.19. The number of hydrogen-bond donors (Lipinski definition) is 1. The second-order valence-corrected chi connectivity index (χ2v) is 10.4. The first kappa shape index (κ1) is 23.3. The second-order valence-electron chi connectivity index (χ2n) is 8.49. The molecular weight excluding hydrogens is 442 g/mol. The number of benzene rings is 2. The zero-order valence-electron chi connectivity index (χ0n) is 18.7. The molecule has 1 aliphatic rings. The van der Waals surface area contributed by atoms with E-state index >= 15 is 0 Å². The third-order valence-electron chi connectivity index (χ3n) is 5.96. The molecule has 176 valence electrons. The fourth-order valence-electron chi connectivity index (χ4n) is 4.20. The van der Waals surface area contributed by atoms with Crippen molar-refractivity contribution in [2.75, 3.05) is 19.6 Å². The van der Waals surface area contributed by atoms with Gasteiger partial charge in [0.05, 0.1) is 10.4 Å². The number of rotatable bonds is 7.